The highest BCUT2D eigenvalue weighted by Gasteiger charge is 2.05. The van der Waals surface area contributed by atoms with Crippen molar-refractivity contribution in [2.24, 2.45) is 0 Å². The first-order chi connectivity index (χ1) is 6.84. The third-order valence-corrected chi connectivity index (χ3v) is 3.44. The van der Waals surface area contributed by atoms with E-state index in [0.717, 1.165) is 20.6 Å². The molecule has 0 fully saturated rings. The Kier molecular flexibility index (Phi) is 1.69. The van der Waals surface area contributed by atoms with Crippen LogP contribution in [0.15, 0.2) is 30.7 Å². The molecule has 2 heterocycles. The molecule has 0 radical (unpaired) electrons. The van der Waals surface area contributed by atoms with E-state index in [1.807, 2.05) is 24.4 Å². The fourth-order valence-electron chi connectivity index (χ4n) is 1.49. The van der Waals surface area contributed by atoms with Gasteiger partial charge in [-0.3, -0.25) is 0 Å². The van der Waals surface area contributed by atoms with Gasteiger partial charge in [-0.15, -0.1) is 11.3 Å². The minimum atomic E-state index is 0.751. The minimum Gasteiger partial charge on any atom is -0.244 e. The first kappa shape index (κ1) is 8.15. The number of halogens is 1. The molecule has 0 aliphatic rings. The van der Waals surface area contributed by atoms with Crippen molar-refractivity contribution in [3.05, 3.63) is 35.7 Å². The van der Waals surface area contributed by atoms with Crippen LogP contribution in [0, 0.1) is 0 Å². The number of hydrogen-bond acceptors (Lipinski definition) is 3. The minimum absolute atomic E-state index is 0.751. The van der Waals surface area contributed by atoms with Gasteiger partial charge in [-0.05, 0) is 18.2 Å². The summed E-state index contributed by atoms with van der Waals surface area (Å²) in [5, 5.41) is 2.97. The van der Waals surface area contributed by atoms with Crippen LogP contribution in [0.1, 0.15) is 0 Å². The van der Waals surface area contributed by atoms with Crippen molar-refractivity contribution in [2.75, 3.05) is 0 Å². The molecule has 1 aromatic carbocycles. The molecule has 0 aliphatic heterocycles. The number of fused-ring (bicyclic) bond motifs is 3. The highest BCUT2D eigenvalue weighted by molar-refractivity contribution is 7.25. The summed E-state index contributed by atoms with van der Waals surface area (Å²) in [6.45, 7) is 0. The van der Waals surface area contributed by atoms with Crippen molar-refractivity contribution in [1.82, 2.24) is 9.97 Å². The second-order valence-electron chi connectivity index (χ2n) is 2.98. The van der Waals surface area contributed by atoms with Gasteiger partial charge in [0, 0.05) is 26.7 Å². The maximum Gasteiger partial charge on any atom is 0.127 e. The number of rotatable bonds is 0. The molecule has 4 heteroatoms. The predicted molar refractivity (Wildman–Crippen MR) is 59.9 cm³/mol. The van der Waals surface area contributed by atoms with Gasteiger partial charge in [0.05, 0.1) is 0 Å². The number of aromatic nitrogens is 2. The summed E-state index contributed by atoms with van der Waals surface area (Å²) >= 11 is 7.60. The van der Waals surface area contributed by atoms with E-state index in [2.05, 4.69) is 9.97 Å². The van der Waals surface area contributed by atoms with Crippen molar-refractivity contribution >= 4 is 43.2 Å². The number of benzene rings is 1. The van der Waals surface area contributed by atoms with Crippen LogP contribution in [0.2, 0.25) is 5.02 Å². The lowest BCUT2D eigenvalue weighted by atomic mass is 10.2. The maximum absolute atomic E-state index is 5.94. The van der Waals surface area contributed by atoms with E-state index in [1.165, 1.54) is 4.70 Å². The molecule has 14 heavy (non-hydrogen) atoms. The van der Waals surface area contributed by atoms with Gasteiger partial charge in [-0.1, -0.05) is 11.6 Å². The summed E-state index contributed by atoms with van der Waals surface area (Å²) in [7, 11) is 0. The van der Waals surface area contributed by atoms with Crippen LogP contribution >= 0.6 is 22.9 Å². The van der Waals surface area contributed by atoms with Gasteiger partial charge >= 0.3 is 0 Å². The molecule has 0 saturated heterocycles. The van der Waals surface area contributed by atoms with E-state index >= 15 is 0 Å². The summed E-state index contributed by atoms with van der Waals surface area (Å²) in [5.74, 6) is 0. The molecule has 0 aliphatic carbocycles. The second-order valence-corrected chi connectivity index (χ2v) is 4.45. The molecule has 3 rings (SSSR count). The topological polar surface area (TPSA) is 25.8 Å². The Morgan fingerprint density at radius 3 is 3.07 bits per heavy atom. The third kappa shape index (κ3) is 1.10. The summed E-state index contributed by atoms with van der Waals surface area (Å²) in [5.41, 5.74) is 0. The zero-order valence-corrected chi connectivity index (χ0v) is 8.64. The quantitative estimate of drug-likeness (QED) is 0.580. The Morgan fingerprint density at radius 2 is 2.14 bits per heavy atom. The predicted octanol–water partition coefficient (Wildman–Crippen LogP) is 3.50. The Bertz CT molecular complexity index is 618. The molecule has 0 saturated carbocycles. The average molecular weight is 221 g/mol. The van der Waals surface area contributed by atoms with Gasteiger partial charge in [0.25, 0.3) is 0 Å². The van der Waals surface area contributed by atoms with E-state index in [4.69, 9.17) is 11.6 Å². The number of nitrogens with zero attached hydrogens (tertiary/aromatic N) is 2. The van der Waals surface area contributed by atoms with Crippen LogP contribution in [0.25, 0.3) is 20.3 Å². The smallest absolute Gasteiger partial charge is 0.127 e. The molecule has 0 atom stereocenters. The molecule has 0 spiro atoms. The van der Waals surface area contributed by atoms with Gasteiger partial charge in [0.15, 0.2) is 0 Å². The van der Waals surface area contributed by atoms with Crippen molar-refractivity contribution in [1.29, 1.82) is 0 Å². The van der Waals surface area contributed by atoms with Gasteiger partial charge in [0.2, 0.25) is 0 Å². The van der Waals surface area contributed by atoms with Crippen molar-refractivity contribution < 1.29 is 0 Å². The monoisotopic (exact) mass is 220 g/mol. The summed E-state index contributed by atoms with van der Waals surface area (Å²) in [6.07, 6.45) is 3.40. The molecule has 0 amide bonds. The van der Waals surface area contributed by atoms with E-state index in [9.17, 15) is 0 Å². The van der Waals surface area contributed by atoms with Crippen LogP contribution in [0.4, 0.5) is 0 Å². The van der Waals surface area contributed by atoms with Gasteiger partial charge in [-0.25, -0.2) is 9.97 Å². The van der Waals surface area contributed by atoms with Crippen molar-refractivity contribution in [3.63, 3.8) is 0 Å². The van der Waals surface area contributed by atoms with Crippen molar-refractivity contribution in [2.45, 2.75) is 0 Å². The zero-order chi connectivity index (χ0) is 9.54. The SMILES string of the molecule is Clc1ccc2sc3ncncc3c2c1. The fraction of sp³-hybridized carbons (Fsp3) is 0. The molecule has 0 bridgehead atoms. The van der Waals surface area contributed by atoms with Gasteiger partial charge in [0.1, 0.15) is 11.2 Å². The van der Waals surface area contributed by atoms with E-state index in [0.29, 0.717) is 0 Å². The lowest BCUT2D eigenvalue weighted by Crippen LogP contribution is -1.73. The zero-order valence-electron chi connectivity index (χ0n) is 7.07. The van der Waals surface area contributed by atoms with Crippen LogP contribution in [-0.4, -0.2) is 9.97 Å². The standard InChI is InChI=1S/C10H5ClN2S/c11-6-1-2-9-7(3-6)8-4-12-5-13-10(8)14-9/h1-5H. The van der Waals surface area contributed by atoms with Crippen LogP contribution < -0.4 is 0 Å². The lowest BCUT2D eigenvalue weighted by Gasteiger charge is -1.90. The molecule has 2 nitrogen and oxygen atoms in total. The van der Waals surface area contributed by atoms with E-state index in [-0.39, 0.29) is 0 Å². The van der Waals surface area contributed by atoms with Crippen LogP contribution in [-0.2, 0) is 0 Å². The molecular formula is C10H5ClN2S. The molecule has 3 aromatic rings. The highest BCUT2D eigenvalue weighted by Crippen LogP contribution is 2.33. The Hall–Kier alpha value is -1.19. The molecule has 2 aromatic heterocycles. The first-order valence-electron chi connectivity index (χ1n) is 4.12. The molecule has 0 unspecified atom stereocenters. The van der Waals surface area contributed by atoms with Crippen LogP contribution in [0.3, 0.4) is 0 Å². The summed E-state index contributed by atoms with van der Waals surface area (Å²) in [4.78, 5) is 9.24. The fourth-order valence-corrected chi connectivity index (χ4v) is 2.66. The average Bonchev–Trinajstić information content (AvgIpc) is 2.56. The number of thiophene rings is 1. The molecular weight excluding hydrogens is 216 g/mol. The maximum atomic E-state index is 5.94. The normalized spacial score (nSPS) is 11.2. The third-order valence-electron chi connectivity index (χ3n) is 2.11. The van der Waals surface area contributed by atoms with Crippen LogP contribution in [0.5, 0.6) is 0 Å². The van der Waals surface area contributed by atoms with E-state index < -0.39 is 0 Å². The molecule has 68 valence electrons. The number of hydrogen-bond donors (Lipinski definition) is 0. The van der Waals surface area contributed by atoms with Gasteiger partial charge in [-0.2, -0.15) is 0 Å². The summed E-state index contributed by atoms with van der Waals surface area (Å²) in [6, 6.07) is 5.87. The van der Waals surface area contributed by atoms with E-state index in [1.54, 1.807) is 17.7 Å². The lowest BCUT2D eigenvalue weighted by molar-refractivity contribution is 1.24. The Balaban J connectivity index is 2.58. The Morgan fingerprint density at radius 1 is 1.21 bits per heavy atom. The summed E-state index contributed by atoms with van der Waals surface area (Å²) < 4.78 is 1.20. The van der Waals surface area contributed by atoms with Gasteiger partial charge < -0.3 is 0 Å². The highest BCUT2D eigenvalue weighted by atomic mass is 35.5. The largest absolute Gasteiger partial charge is 0.244 e. The second kappa shape index (κ2) is 2.90. The first-order valence-corrected chi connectivity index (χ1v) is 5.32. The Labute approximate surface area is 89.2 Å². The molecule has 0 N–H and O–H groups in total. The van der Waals surface area contributed by atoms with Crippen molar-refractivity contribution in [3.8, 4) is 0 Å².